The third-order valence-electron chi connectivity index (χ3n) is 6.84. The van der Waals surface area contributed by atoms with Crippen molar-refractivity contribution in [1.29, 1.82) is 0 Å². The van der Waals surface area contributed by atoms with Gasteiger partial charge < -0.3 is 19.9 Å². The molecule has 1 atom stereocenters. The highest BCUT2D eigenvalue weighted by atomic mass is 19.4. The monoisotopic (exact) mass is 533 g/mol. The van der Waals surface area contributed by atoms with Gasteiger partial charge in [0.25, 0.3) is 0 Å². The summed E-state index contributed by atoms with van der Waals surface area (Å²) < 4.78 is 98.5. The van der Waals surface area contributed by atoms with E-state index < -0.39 is 41.4 Å². The SMILES string of the molecule is CN1CCC(N2CC(COCc3cc(C(F)(F)F)cc(C(F)(F)F)c3)(c3ccc(F)cc3)NC2=O)CC1. The van der Waals surface area contributed by atoms with Gasteiger partial charge in [-0.3, -0.25) is 0 Å². The van der Waals surface area contributed by atoms with Crippen LogP contribution in [-0.4, -0.2) is 55.2 Å². The molecule has 0 bridgehead atoms. The summed E-state index contributed by atoms with van der Waals surface area (Å²) >= 11 is 0. The number of carbonyl (C=O) groups excluding carboxylic acids is 1. The Balaban J connectivity index is 1.57. The highest BCUT2D eigenvalue weighted by Crippen LogP contribution is 2.37. The average Bonchev–Trinajstić information content (AvgIpc) is 3.16. The van der Waals surface area contributed by atoms with Gasteiger partial charge in [0.1, 0.15) is 11.4 Å². The minimum Gasteiger partial charge on any atom is -0.374 e. The van der Waals surface area contributed by atoms with E-state index in [-0.39, 0.29) is 36.9 Å². The molecular formula is C25H26F7N3O2. The van der Waals surface area contributed by atoms with Crippen LogP contribution in [0.5, 0.6) is 0 Å². The van der Waals surface area contributed by atoms with Crippen molar-refractivity contribution in [3.05, 3.63) is 70.5 Å². The molecule has 0 aliphatic carbocycles. The summed E-state index contributed by atoms with van der Waals surface area (Å²) in [5.41, 5.74) is -3.83. The third kappa shape index (κ3) is 6.18. The molecule has 12 heteroatoms. The Morgan fingerprint density at radius 3 is 2.08 bits per heavy atom. The van der Waals surface area contributed by atoms with Crippen molar-refractivity contribution in [1.82, 2.24) is 15.1 Å². The maximum atomic E-state index is 13.6. The molecule has 2 aliphatic heterocycles. The molecule has 4 rings (SSSR count). The Hall–Kier alpha value is -2.86. The number of carbonyl (C=O) groups is 1. The number of amides is 2. The van der Waals surface area contributed by atoms with Gasteiger partial charge in [-0.2, -0.15) is 26.3 Å². The number of nitrogens with one attached hydrogen (secondary N) is 1. The van der Waals surface area contributed by atoms with E-state index in [0.29, 0.717) is 17.7 Å². The number of likely N-dealkylation sites (tertiary alicyclic amines) is 1. The molecule has 202 valence electrons. The zero-order valence-electron chi connectivity index (χ0n) is 19.9. The van der Waals surface area contributed by atoms with Gasteiger partial charge in [0.2, 0.25) is 0 Å². The van der Waals surface area contributed by atoms with Crippen LogP contribution in [0.15, 0.2) is 42.5 Å². The van der Waals surface area contributed by atoms with Gasteiger partial charge in [0.15, 0.2) is 0 Å². The first kappa shape index (κ1) is 27.2. The van der Waals surface area contributed by atoms with Gasteiger partial charge in [0.05, 0.1) is 30.9 Å². The Morgan fingerprint density at radius 2 is 1.54 bits per heavy atom. The summed E-state index contributed by atoms with van der Waals surface area (Å²) in [6.45, 7) is 0.949. The standard InChI is InChI=1S/C25H26F7N3O2/c1-34-8-6-21(7-9-34)35-14-23(33-22(35)36,17-2-4-20(26)5-3-17)15-37-13-16-10-18(24(27,28)29)12-19(11-16)25(30,31)32/h2-5,10-12,21H,6-9,13-15H2,1H3,(H,33,36). The highest BCUT2D eigenvalue weighted by Gasteiger charge is 2.47. The quantitative estimate of drug-likeness (QED) is 0.507. The third-order valence-corrected chi connectivity index (χ3v) is 6.84. The number of hydrogen-bond acceptors (Lipinski definition) is 3. The predicted molar refractivity (Wildman–Crippen MR) is 120 cm³/mol. The zero-order valence-corrected chi connectivity index (χ0v) is 19.9. The number of piperidine rings is 1. The van der Waals surface area contributed by atoms with Crippen LogP contribution in [0.3, 0.4) is 0 Å². The van der Waals surface area contributed by atoms with Crippen molar-refractivity contribution >= 4 is 6.03 Å². The van der Waals surface area contributed by atoms with Crippen LogP contribution < -0.4 is 5.32 Å². The second-order valence-electron chi connectivity index (χ2n) is 9.59. The van der Waals surface area contributed by atoms with Crippen LogP contribution in [0.4, 0.5) is 35.5 Å². The van der Waals surface area contributed by atoms with Gasteiger partial charge in [-0.15, -0.1) is 0 Å². The number of benzene rings is 2. The van der Waals surface area contributed by atoms with Gasteiger partial charge >= 0.3 is 18.4 Å². The molecule has 2 fully saturated rings. The lowest BCUT2D eigenvalue weighted by atomic mass is 9.90. The van der Waals surface area contributed by atoms with Crippen LogP contribution in [0, 0.1) is 5.82 Å². The van der Waals surface area contributed by atoms with Gasteiger partial charge in [-0.25, -0.2) is 9.18 Å². The van der Waals surface area contributed by atoms with Crippen LogP contribution >= 0.6 is 0 Å². The molecule has 0 radical (unpaired) electrons. The van der Waals surface area contributed by atoms with Crippen LogP contribution in [0.1, 0.15) is 35.1 Å². The number of nitrogens with zero attached hydrogens (tertiary/aromatic N) is 2. The summed E-state index contributed by atoms with van der Waals surface area (Å²) in [4.78, 5) is 16.8. The fraction of sp³-hybridized carbons (Fsp3) is 0.480. The second kappa shape index (κ2) is 10.1. The Labute approximate surface area is 209 Å². The van der Waals surface area contributed by atoms with Crippen molar-refractivity contribution in [3.8, 4) is 0 Å². The molecule has 2 aliphatic rings. The second-order valence-corrected chi connectivity index (χ2v) is 9.59. The van der Waals surface area contributed by atoms with Gasteiger partial charge in [-0.1, -0.05) is 12.1 Å². The van der Waals surface area contributed by atoms with E-state index >= 15 is 0 Å². The molecule has 2 aromatic carbocycles. The Bertz CT molecular complexity index is 1080. The van der Waals surface area contributed by atoms with E-state index in [0.717, 1.165) is 25.9 Å². The minimum atomic E-state index is -4.97. The number of alkyl halides is 6. The molecule has 2 saturated heterocycles. The smallest absolute Gasteiger partial charge is 0.374 e. The Morgan fingerprint density at radius 1 is 0.973 bits per heavy atom. The first-order chi connectivity index (χ1) is 17.3. The largest absolute Gasteiger partial charge is 0.416 e. The summed E-state index contributed by atoms with van der Waals surface area (Å²) in [6, 6.07) is 6.24. The fourth-order valence-electron chi connectivity index (χ4n) is 4.82. The van der Waals surface area contributed by atoms with E-state index in [1.54, 1.807) is 4.90 Å². The van der Waals surface area contributed by atoms with E-state index in [9.17, 15) is 35.5 Å². The summed E-state index contributed by atoms with van der Waals surface area (Å²) in [5, 5.41) is 2.89. The molecule has 1 N–H and O–H groups in total. The molecule has 5 nitrogen and oxygen atoms in total. The first-order valence-corrected chi connectivity index (χ1v) is 11.7. The van der Waals surface area contributed by atoms with Gasteiger partial charge in [0, 0.05) is 6.04 Å². The average molecular weight is 533 g/mol. The van der Waals surface area contributed by atoms with E-state index in [1.165, 1.54) is 24.3 Å². The first-order valence-electron chi connectivity index (χ1n) is 11.7. The number of ether oxygens (including phenoxy) is 1. The lowest BCUT2D eigenvalue weighted by Crippen LogP contribution is -2.46. The molecule has 1 unspecified atom stereocenters. The molecule has 0 aromatic heterocycles. The van der Waals surface area contributed by atoms with Crippen molar-refractivity contribution < 1.29 is 40.3 Å². The topological polar surface area (TPSA) is 44.8 Å². The molecule has 2 aromatic rings. The minimum absolute atomic E-state index is 0.0451. The van der Waals surface area contributed by atoms with Gasteiger partial charge in [-0.05, 0) is 74.4 Å². The molecule has 2 amide bonds. The zero-order chi connectivity index (χ0) is 27.0. The number of rotatable bonds is 6. The summed E-state index contributed by atoms with van der Waals surface area (Å²) in [7, 11) is 1.98. The fourth-order valence-corrected chi connectivity index (χ4v) is 4.82. The van der Waals surface area contributed by atoms with Crippen molar-refractivity contribution in [2.75, 3.05) is 33.3 Å². The molecule has 0 spiro atoms. The number of urea groups is 1. The number of halogens is 7. The van der Waals surface area contributed by atoms with Crippen molar-refractivity contribution in [3.63, 3.8) is 0 Å². The maximum Gasteiger partial charge on any atom is 0.416 e. The van der Waals surface area contributed by atoms with Crippen LogP contribution in [0.2, 0.25) is 0 Å². The Kier molecular flexibility index (Phi) is 7.44. The van der Waals surface area contributed by atoms with E-state index in [4.69, 9.17) is 4.74 Å². The van der Waals surface area contributed by atoms with Crippen molar-refractivity contribution in [2.45, 2.75) is 43.4 Å². The lowest BCUT2D eigenvalue weighted by Gasteiger charge is -2.35. The maximum absolute atomic E-state index is 13.6. The molecule has 37 heavy (non-hydrogen) atoms. The van der Waals surface area contributed by atoms with Crippen molar-refractivity contribution in [2.24, 2.45) is 0 Å². The van der Waals surface area contributed by atoms with Crippen LogP contribution in [0.25, 0.3) is 0 Å². The lowest BCUT2D eigenvalue weighted by molar-refractivity contribution is -0.143. The summed E-state index contributed by atoms with van der Waals surface area (Å²) in [6.07, 6.45) is -8.46. The summed E-state index contributed by atoms with van der Waals surface area (Å²) in [5.74, 6) is -0.500. The molecular weight excluding hydrogens is 507 g/mol. The molecule has 0 saturated carbocycles. The number of hydrogen-bond donors (Lipinski definition) is 1. The van der Waals surface area contributed by atoms with E-state index in [2.05, 4.69) is 10.2 Å². The predicted octanol–water partition coefficient (Wildman–Crippen LogP) is 5.39. The molecule has 2 heterocycles. The van der Waals surface area contributed by atoms with E-state index in [1.807, 2.05) is 7.05 Å². The highest BCUT2D eigenvalue weighted by molar-refractivity contribution is 5.79. The van der Waals surface area contributed by atoms with Crippen LogP contribution in [-0.2, 0) is 29.2 Å². The normalized spacial score (nSPS) is 21.9.